The molecule has 1 aromatic heterocycles. The van der Waals surface area contributed by atoms with Crippen LogP contribution in [0.3, 0.4) is 0 Å². The molecule has 0 unspecified atom stereocenters. The topological polar surface area (TPSA) is 97.2 Å². The van der Waals surface area contributed by atoms with Gasteiger partial charge in [0.25, 0.3) is 5.91 Å². The first-order valence-electron chi connectivity index (χ1n) is 9.05. The van der Waals surface area contributed by atoms with Crippen LogP contribution in [-0.2, 0) is 0 Å². The Labute approximate surface area is 180 Å². The molecule has 0 bridgehead atoms. The molecule has 0 saturated carbocycles. The minimum Gasteiger partial charge on any atom is -0.385 e. The molecule has 3 rings (SSSR count). The molecule has 150 valence electrons. The van der Waals surface area contributed by atoms with E-state index < -0.39 is 4.92 Å². The Morgan fingerprint density at radius 2 is 2.00 bits per heavy atom. The van der Waals surface area contributed by atoms with E-state index in [1.807, 2.05) is 42.5 Å². The fraction of sp³-hybridized carbons (Fsp3) is 0.200. The molecule has 2 N–H and O–H groups in total. The summed E-state index contributed by atoms with van der Waals surface area (Å²) in [6.07, 6.45) is 2.15. The second-order valence-corrected chi connectivity index (χ2v) is 7.96. The van der Waals surface area contributed by atoms with Gasteiger partial charge in [-0.1, -0.05) is 43.7 Å². The summed E-state index contributed by atoms with van der Waals surface area (Å²) in [6.45, 7) is 2.99. The molecule has 7 nitrogen and oxygen atoms in total. The molecule has 0 aliphatic carbocycles. The van der Waals surface area contributed by atoms with Gasteiger partial charge in [0, 0.05) is 17.8 Å². The van der Waals surface area contributed by atoms with E-state index in [9.17, 15) is 14.9 Å². The van der Waals surface area contributed by atoms with Crippen molar-refractivity contribution in [2.45, 2.75) is 19.8 Å². The van der Waals surface area contributed by atoms with Gasteiger partial charge in [-0.15, -0.1) is 0 Å². The summed E-state index contributed by atoms with van der Waals surface area (Å²) in [6, 6.07) is 15.2. The lowest BCUT2D eigenvalue weighted by molar-refractivity contribution is -0.381. The molecule has 3 aromatic rings. The van der Waals surface area contributed by atoms with Crippen molar-refractivity contribution in [1.29, 1.82) is 0 Å². The normalized spacial score (nSPS) is 10.6. The van der Waals surface area contributed by atoms with Gasteiger partial charge in [-0.05, 0) is 63.0 Å². The number of nitrogens with one attached hydrogen (secondary N) is 2. The van der Waals surface area contributed by atoms with Crippen LogP contribution in [-0.4, -0.2) is 22.4 Å². The fourth-order valence-electron chi connectivity index (χ4n) is 2.74. The van der Waals surface area contributed by atoms with E-state index in [1.165, 1.54) is 0 Å². The Morgan fingerprint density at radius 1 is 1.24 bits per heavy atom. The average Bonchev–Trinajstić information content (AvgIpc) is 3.09. The fourth-order valence-corrected chi connectivity index (χ4v) is 4.09. The highest BCUT2D eigenvalue weighted by Crippen LogP contribution is 2.35. The largest absolute Gasteiger partial charge is 0.385 e. The zero-order valence-electron chi connectivity index (χ0n) is 15.6. The number of hydrogen-bond donors (Lipinski definition) is 2. The lowest BCUT2D eigenvalue weighted by atomic mass is 9.98. The highest BCUT2D eigenvalue weighted by molar-refractivity contribution is 9.10. The van der Waals surface area contributed by atoms with Crippen molar-refractivity contribution in [2.75, 3.05) is 17.2 Å². The third-order valence-corrected chi connectivity index (χ3v) is 5.90. The summed E-state index contributed by atoms with van der Waals surface area (Å²) in [5, 5.41) is 17.1. The molecule has 1 heterocycles. The third kappa shape index (κ3) is 5.18. The first-order chi connectivity index (χ1) is 14.0. The van der Waals surface area contributed by atoms with Gasteiger partial charge in [0.2, 0.25) is 0 Å². The van der Waals surface area contributed by atoms with Crippen LogP contribution in [0, 0.1) is 10.1 Å². The number of amides is 1. The molecular weight excluding hydrogens is 456 g/mol. The van der Waals surface area contributed by atoms with Gasteiger partial charge in [-0.2, -0.15) is 0 Å². The Morgan fingerprint density at radius 3 is 2.66 bits per heavy atom. The second-order valence-electron chi connectivity index (χ2n) is 6.23. The van der Waals surface area contributed by atoms with E-state index in [0.717, 1.165) is 47.5 Å². The molecule has 29 heavy (non-hydrogen) atoms. The Hall–Kier alpha value is -2.78. The number of anilines is 2. The SMILES string of the molecule is CCCCNc1ccc(C(=O)Nc2nc(Br)c([N+](=O)[O-])s2)c(-c2ccccc2)c1. The van der Waals surface area contributed by atoms with E-state index in [1.54, 1.807) is 6.07 Å². The quantitative estimate of drug-likeness (QED) is 0.239. The summed E-state index contributed by atoms with van der Waals surface area (Å²) in [5.41, 5.74) is 3.07. The smallest absolute Gasteiger partial charge is 0.360 e. The summed E-state index contributed by atoms with van der Waals surface area (Å²) in [4.78, 5) is 27.4. The minimum absolute atomic E-state index is 0.0987. The number of aromatic nitrogens is 1. The predicted octanol–water partition coefficient (Wildman–Crippen LogP) is 5.95. The summed E-state index contributed by atoms with van der Waals surface area (Å²) < 4.78 is 0.0987. The monoisotopic (exact) mass is 474 g/mol. The van der Waals surface area contributed by atoms with E-state index in [-0.39, 0.29) is 20.6 Å². The predicted molar refractivity (Wildman–Crippen MR) is 120 cm³/mol. The molecule has 0 aliphatic heterocycles. The van der Waals surface area contributed by atoms with Crippen LogP contribution in [0.25, 0.3) is 11.1 Å². The molecule has 0 fully saturated rings. The van der Waals surface area contributed by atoms with Gasteiger partial charge in [0.15, 0.2) is 9.73 Å². The zero-order valence-corrected chi connectivity index (χ0v) is 18.0. The summed E-state index contributed by atoms with van der Waals surface area (Å²) in [7, 11) is 0. The molecule has 9 heteroatoms. The molecule has 1 amide bonds. The third-order valence-electron chi connectivity index (χ3n) is 4.16. The number of thiazole rings is 1. The number of nitro groups is 1. The van der Waals surface area contributed by atoms with E-state index >= 15 is 0 Å². The minimum atomic E-state index is -0.538. The van der Waals surface area contributed by atoms with Crippen molar-refractivity contribution in [3.63, 3.8) is 0 Å². The summed E-state index contributed by atoms with van der Waals surface area (Å²) in [5.74, 6) is -0.375. The molecule has 0 aliphatic rings. The maximum absolute atomic E-state index is 12.9. The van der Waals surface area contributed by atoms with Crippen molar-refractivity contribution in [3.8, 4) is 11.1 Å². The van der Waals surface area contributed by atoms with Gasteiger partial charge >= 0.3 is 5.00 Å². The average molecular weight is 475 g/mol. The van der Waals surface area contributed by atoms with Crippen LogP contribution in [0.1, 0.15) is 30.1 Å². The molecule has 0 saturated heterocycles. The summed E-state index contributed by atoms with van der Waals surface area (Å²) >= 11 is 3.86. The highest BCUT2D eigenvalue weighted by atomic mass is 79.9. The number of unbranched alkanes of at least 4 members (excludes halogenated alkanes) is 1. The number of halogens is 1. The van der Waals surface area contributed by atoms with E-state index in [4.69, 9.17) is 0 Å². The number of rotatable bonds is 8. The van der Waals surface area contributed by atoms with Crippen molar-refractivity contribution in [3.05, 3.63) is 68.8 Å². The van der Waals surface area contributed by atoms with Crippen LogP contribution in [0.15, 0.2) is 53.1 Å². The maximum atomic E-state index is 12.9. The van der Waals surface area contributed by atoms with E-state index in [2.05, 4.69) is 38.5 Å². The molecule has 0 spiro atoms. The van der Waals surface area contributed by atoms with Gasteiger partial charge in [0.1, 0.15) is 0 Å². The van der Waals surface area contributed by atoms with Gasteiger partial charge in [-0.25, -0.2) is 4.98 Å². The first kappa shape index (κ1) is 20.9. The van der Waals surface area contributed by atoms with Gasteiger partial charge in [-0.3, -0.25) is 20.2 Å². The lowest BCUT2D eigenvalue weighted by Crippen LogP contribution is -2.13. The lowest BCUT2D eigenvalue weighted by Gasteiger charge is -2.13. The van der Waals surface area contributed by atoms with Crippen LogP contribution >= 0.6 is 27.3 Å². The first-order valence-corrected chi connectivity index (χ1v) is 10.7. The van der Waals surface area contributed by atoms with Crippen LogP contribution < -0.4 is 10.6 Å². The number of benzene rings is 2. The highest BCUT2D eigenvalue weighted by Gasteiger charge is 2.22. The standard InChI is InChI=1S/C20H19BrN4O3S/c1-2-3-11-22-14-9-10-15(16(12-14)13-7-5-4-6-8-13)18(26)24-20-23-17(21)19(29-20)25(27)28/h4-10,12,22H,2-3,11H2,1H3,(H,23,24,26). The number of carbonyl (C=O) groups excluding carboxylic acids is 1. The van der Waals surface area contributed by atoms with Gasteiger partial charge in [0.05, 0.1) is 4.92 Å². The van der Waals surface area contributed by atoms with Gasteiger partial charge < -0.3 is 5.32 Å². The Bertz CT molecular complexity index is 1020. The zero-order chi connectivity index (χ0) is 20.8. The number of hydrogen-bond acceptors (Lipinski definition) is 6. The molecular formula is C20H19BrN4O3S. The Kier molecular flexibility index (Phi) is 6.95. The van der Waals surface area contributed by atoms with Crippen molar-refractivity contribution < 1.29 is 9.72 Å². The van der Waals surface area contributed by atoms with E-state index in [0.29, 0.717) is 5.56 Å². The van der Waals surface area contributed by atoms with Crippen molar-refractivity contribution in [1.82, 2.24) is 4.98 Å². The van der Waals surface area contributed by atoms with Crippen LogP contribution in [0.5, 0.6) is 0 Å². The molecule has 2 aromatic carbocycles. The van der Waals surface area contributed by atoms with Crippen LogP contribution in [0.4, 0.5) is 15.8 Å². The van der Waals surface area contributed by atoms with Crippen LogP contribution in [0.2, 0.25) is 0 Å². The number of nitrogens with zero attached hydrogens (tertiary/aromatic N) is 2. The van der Waals surface area contributed by atoms with Crippen molar-refractivity contribution in [2.24, 2.45) is 0 Å². The maximum Gasteiger partial charge on any atom is 0.360 e. The number of carbonyl (C=O) groups is 1. The Balaban J connectivity index is 1.91. The molecule has 0 atom stereocenters. The molecule has 0 radical (unpaired) electrons. The second kappa shape index (κ2) is 9.62. The van der Waals surface area contributed by atoms with Crippen molar-refractivity contribution >= 4 is 49.0 Å².